The van der Waals surface area contributed by atoms with Gasteiger partial charge in [0.1, 0.15) is 5.78 Å². The van der Waals surface area contributed by atoms with E-state index in [1.165, 1.54) is 6.42 Å². The maximum atomic E-state index is 11.6. The molecule has 2 nitrogen and oxygen atoms in total. The summed E-state index contributed by atoms with van der Waals surface area (Å²) in [5, 5.41) is 0. The largest absolute Gasteiger partial charge is 0.299 e. The lowest BCUT2D eigenvalue weighted by atomic mass is 10.0. The van der Waals surface area contributed by atoms with Crippen molar-refractivity contribution in [1.82, 2.24) is 4.98 Å². The second-order valence-corrected chi connectivity index (χ2v) is 4.72. The fourth-order valence-electron chi connectivity index (χ4n) is 1.69. The summed E-state index contributed by atoms with van der Waals surface area (Å²) in [7, 11) is 0. The van der Waals surface area contributed by atoms with Gasteiger partial charge in [0.05, 0.1) is 0 Å². The molecule has 0 amide bonds. The first-order chi connectivity index (χ1) is 7.68. The molecule has 0 radical (unpaired) electrons. The molecule has 0 aromatic carbocycles. The van der Waals surface area contributed by atoms with E-state index in [0.717, 1.165) is 24.3 Å². The highest BCUT2D eigenvalue weighted by Crippen LogP contribution is 2.09. The van der Waals surface area contributed by atoms with Gasteiger partial charge in [-0.2, -0.15) is 0 Å². The molecule has 0 aliphatic carbocycles. The molecule has 1 aromatic heterocycles. The van der Waals surface area contributed by atoms with Gasteiger partial charge in [-0.3, -0.25) is 9.78 Å². The summed E-state index contributed by atoms with van der Waals surface area (Å²) in [6, 6.07) is 3.83. The number of unbranched alkanes of at least 4 members (excludes halogenated alkanes) is 1. The molecule has 0 atom stereocenters. The Bertz CT molecular complexity index is 306. The molecule has 0 fully saturated rings. The first-order valence-electron chi connectivity index (χ1n) is 6.09. The predicted octanol–water partition coefficient (Wildman–Crippen LogP) is 3.41. The van der Waals surface area contributed by atoms with Crippen LogP contribution in [-0.2, 0) is 11.2 Å². The van der Waals surface area contributed by atoms with Crippen LogP contribution in [0.1, 0.15) is 45.1 Å². The summed E-state index contributed by atoms with van der Waals surface area (Å²) < 4.78 is 0. The average Bonchev–Trinajstić information content (AvgIpc) is 2.25. The third-order valence-corrected chi connectivity index (χ3v) is 2.61. The number of carbonyl (C=O) groups excluding carboxylic acids is 1. The fourth-order valence-corrected chi connectivity index (χ4v) is 1.69. The molecular weight excluding hydrogens is 198 g/mol. The SMILES string of the molecule is CC(C)CCCCC(=O)Cc1cccnc1. The molecule has 0 bridgehead atoms. The first kappa shape index (κ1) is 12.9. The number of carbonyl (C=O) groups is 1. The minimum atomic E-state index is 0.330. The Balaban J connectivity index is 2.17. The van der Waals surface area contributed by atoms with Crippen molar-refractivity contribution < 1.29 is 4.79 Å². The Morgan fingerprint density at radius 1 is 1.38 bits per heavy atom. The van der Waals surface area contributed by atoms with Crippen LogP contribution < -0.4 is 0 Å². The smallest absolute Gasteiger partial charge is 0.137 e. The summed E-state index contributed by atoms with van der Waals surface area (Å²) in [6.45, 7) is 4.44. The minimum Gasteiger partial charge on any atom is -0.299 e. The van der Waals surface area contributed by atoms with E-state index in [1.807, 2.05) is 12.1 Å². The van der Waals surface area contributed by atoms with Crippen LogP contribution in [0.5, 0.6) is 0 Å². The highest BCUT2D eigenvalue weighted by molar-refractivity contribution is 5.80. The maximum absolute atomic E-state index is 11.6. The highest BCUT2D eigenvalue weighted by Gasteiger charge is 2.03. The molecule has 0 unspecified atom stereocenters. The van der Waals surface area contributed by atoms with Crippen molar-refractivity contribution in [3.05, 3.63) is 30.1 Å². The van der Waals surface area contributed by atoms with Crippen LogP contribution in [0.3, 0.4) is 0 Å². The van der Waals surface area contributed by atoms with E-state index >= 15 is 0 Å². The van der Waals surface area contributed by atoms with E-state index in [-0.39, 0.29) is 0 Å². The predicted molar refractivity (Wildman–Crippen MR) is 66.3 cm³/mol. The van der Waals surface area contributed by atoms with Crippen LogP contribution in [0, 0.1) is 5.92 Å². The molecule has 0 N–H and O–H groups in total. The van der Waals surface area contributed by atoms with Crippen molar-refractivity contribution in [1.29, 1.82) is 0 Å². The first-order valence-corrected chi connectivity index (χ1v) is 6.09. The van der Waals surface area contributed by atoms with Gasteiger partial charge in [-0.15, -0.1) is 0 Å². The Morgan fingerprint density at radius 3 is 2.81 bits per heavy atom. The number of aromatic nitrogens is 1. The Morgan fingerprint density at radius 2 is 2.19 bits per heavy atom. The minimum absolute atomic E-state index is 0.330. The third-order valence-electron chi connectivity index (χ3n) is 2.61. The summed E-state index contributed by atoms with van der Waals surface area (Å²) in [6.07, 6.45) is 8.16. The van der Waals surface area contributed by atoms with E-state index in [1.54, 1.807) is 12.4 Å². The Hall–Kier alpha value is -1.18. The molecular formula is C14H21NO. The van der Waals surface area contributed by atoms with Crippen molar-refractivity contribution in [3.8, 4) is 0 Å². The number of nitrogens with zero attached hydrogens (tertiary/aromatic N) is 1. The van der Waals surface area contributed by atoms with Crippen molar-refractivity contribution in [2.45, 2.75) is 46.0 Å². The molecule has 0 saturated carbocycles. The van der Waals surface area contributed by atoms with Gasteiger partial charge in [0.25, 0.3) is 0 Å². The average molecular weight is 219 g/mol. The molecule has 0 aliphatic heterocycles. The second-order valence-electron chi connectivity index (χ2n) is 4.72. The highest BCUT2D eigenvalue weighted by atomic mass is 16.1. The second kappa shape index (κ2) is 7.15. The van der Waals surface area contributed by atoms with Crippen molar-refractivity contribution >= 4 is 5.78 Å². The lowest BCUT2D eigenvalue weighted by Crippen LogP contribution is -2.03. The molecule has 88 valence electrons. The summed E-state index contributed by atoms with van der Waals surface area (Å²) in [5.41, 5.74) is 1.02. The van der Waals surface area contributed by atoms with Crippen LogP contribution in [0.25, 0.3) is 0 Å². The zero-order valence-corrected chi connectivity index (χ0v) is 10.3. The van der Waals surface area contributed by atoms with Crippen LogP contribution >= 0.6 is 0 Å². The Labute approximate surface area is 98.1 Å². The molecule has 0 aliphatic rings. The number of rotatable bonds is 7. The Kier molecular flexibility index (Phi) is 5.76. The summed E-state index contributed by atoms with van der Waals surface area (Å²) >= 11 is 0. The van der Waals surface area contributed by atoms with Crippen LogP contribution in [0.2, 0.25) is 0 Å². The van der Waals surface area contributed by atoms with E-state index in [9.17, 15) is 4.79 Å². The number of ketones is 1. The van der Waals surface area contributed by atoms with Crippen molar-refractivity contribution in [2.75, 3.05) is 0 Å². The lowest BCUT2D eigenvalue weighted by Gasteiger charge is -2.04. The summed E-state index contributed by atoms with van der Waals surface area (Å²) in [5.74, 6) is 1.07. The van der Waals surface area contributed by atoms with Gasteiger partial charge in [0, 0.05) is 25.2 Å². The summed E-state index contributed by atoms with van der Waals surface area (Å²) in [4.78, 5) is 15.6. The molecule has 1 heterocycles. The van der Waals surface area contributed by atoms with Gasteiger partial charge in [-0.25, -0.2) is 0 Å². The van der Waals surface area contributed by atoms with Crippen LogP contribution in [0.4, 0.5) is 0 Å². The lowest BCUT2D eigenvalue weighted by molar-refractivity contribution is -0.118. The monoisotopic (exact) mass is 219 g/mol. The van der Waals surface area contributed by atoms with Gasteiger partial charge >= 0.3 is 0 Å². The van der Waals surface area contributed by atoms with Gasteiger partial charge in [0.15, 0.2) is 0 Å². The van der Waals surface area contributed by atoms with Crippen LogP contribution in [-0.4, -0.2) is 10.8 Å². The van der Waals surface area contributed by atoms with E-state index in [4.69, 9.17) is 0 Å². The molecule has 0 saturated heterocycles. The molecule has 1 aromatic rings. The number of hydrogen-bond acceptors (Lipinski definition) is 2. The van der Waals surface area contributed by atoms with E-state index < -0.39 is 0 Å². The van der Waals surface area contributed by atoms with Crippen LogP contribution in [0.15, 0.2) is 24.5 Å². The number of Topliss-reactive ketones (excluding diaryl/α,β-unsaturated/α-hetero) is 1. The topological polar surface area (TPSA) is 30.0 Å². The van der Waals surface area contributed by atoms with Gasteiger partial charge < -0.3 is 0 Å². The maximum Gasteiger partial charge on any atom is 0.137 e. The molecule has 2 heteroatoms. The van der Waals surface area contributed by atoms with E-state index in [0.29, 0.717) is 18.6 Å². The molecule has 16 heavy (non-hydrogen) atoms. The molecule has 0 spiro atoms. The third kappa shape index (κ3) is 5.64. The standard InChI is InChI=1S/C14H21NO/c1-12(2)6-3-4-8-14(16)10-13-7-5-9-15-11-13/h5,7,9,11-12H,3-4,6,8,10H2,1-2H3. The number of pyridine rings is 1. The fraction of sp³-hybridized carbons (Fsp3) is 0.571. The van der Waals surface area contributed by atoms with Gasteiger partial charge in [-0.1, -0.05) is 32.8 Å². The van der Waals surface area contributed by atoms with Crippen molar-refractivity contribution in [3.63, 3.8) is 0 Å². The number of hydrogen-bond donors (Lipinski definition) is 0. The van der Waals surface area contributed by atoms with Gasteiger partial charge in [-0.05, 0) is 24.0 Å². The zero-order chi connectivity index (χ0) is 11.8. The molecule has 1 rings (SSSR count). The van der Waals surface area contributed by atoms with E-state index in [2.05, 4.69) is 18.8 Å². The van der Waals surface area contributed by atoms with Crippen molar-refractivity contribution in [2.24, 2.45) is 5.92 Å². The van der Waals surface area contributed by atoms with Gasteiger partial charge in [0.2, 0.25) is 0 Å². The normalized spacial score (nSPS) is 10.7. The quantitative estimate of drug-likeness (QED) is 0.658. The zero-order valence-electron chi connectivity index (χ0n) is 10.3.